The number of allylic oxidation sites excluding steroid dienone is 6. The summed E-state index contributed by atoms with van der Waals surface area (Å²) in [5.41, 5.74) is 5.23. The summed E-state index contributed by atoms with van der Waals surface area (Å²) >= 11 is 0. The molecular formula is C31H36O6. The number of benzene rings is 2. The number of aromatic hydroxyl groups is 3. The fourth-order valence-electron chi connectivity index (χ4n) is 4.24. The summed E-state index contributed by atoms with van der Waals surface area (Å²) in [7, 11) is 1.49. The largest absolute Gasteiger partial charge is 0.508 e. The van der Waals surface area contributed by atoms with Crippen LogP contribution in [-0.4, -0.2) is 22.4 Å². The fraction of sp³-hybridized carbons (Fsp3) is 0.323. The molecule has 0 spiro atoms. The highest BCUT2D eigenvalue weighted by Crippen LogP contribution is 2.42. The molecule has 0 atom stereocenters. The number of fused-ring (bicyclic) bond motifs is 1. The van der Waals surface area contributed by atoms with Crippen molar-refractivity contribution >= 4 is 11.0 Å². The van der Waals surface area contributed by atoms with Crippen LogP contribution < -0.4 is 10.2 Å². The molecule has 6 nitrogen and oxygen atoms in total. The predicted molar refractivity (Wildman–Crippen MR) is 149 cm³/mol. The molecule has 0 saturated heterocycles. The molecule has 37 heavy (non-hydrogen) atoms. The molecule has 1 aromatic heterocycles. The molecule has 0 radical (unpaired) electrons. The summed E-state index contributed by atoms with van der Waals surface area (Å²) in [4.78, 5) is 13.5. The first kappa shape index (κ1) is 27.7. The van der Waals surface area contributed by atoms with Crippen LogP contribution in [0.3, 0.4) is 0 Å². The highest BCUT2D eigenvalue weighted by molar-refractivity contribution is 5.89. The zero-order valence-electron chi connectivity index (χ0n) is 22.4. The van der Waals surface area contributed by atoms with E-state index in [9.17, 15) is 20.1 Å². The molecule has 2 aromatic carbocycles. The standard InChI is InChI=1S/C31H36O6/c1-18(2)8-7-9-20(5)11-12-21-14-24(23(13-10-19(3)4)31(36-6)29(21)34)25-17-37-27-16-22(32)15-26(33)28(27)30(25)35/h8,10-11,14-17,32-34H,7,9,12-13H2,1-6H3/b20-11+. The third-order valence-electron chi connectivity index (χ3n) is 6.25. The zero-order valence-corrected chi connectivity index (χ0v) is 22.4. The Morgan fingerprint density at radius 3 is 2.27 bits per heavy atom. The van der Waals surface area contributed by atoms with Crippen molar-refractivity contribution in [1.82, 2.24) is 0 Å². The van der Waals surface area contributed by atoms with Gasteiger partial charge in [0, 0.05) is 23.3 Å². The summed E-state index contributed by atoms with van der Waals surface area (Å²) in [6.45, 7) is 10.2. The summed E-state index contributed by atoms with van der Waals surface area (Å²) in [6.07, 6.45) is 10.3. The third kappa shape index (κ3) is 6.45. The van der Waals surface area contributed by atoms with Gasteiger partial charge in [0.25, 0.3) is 0 Å². The first-order chi connectivity index (χ1) is 17.5. The van der Waals surface area contributed by atoms with Crippen molar-refractivity contribution < 1.29 is 24.5 Å². The van der Waals surface area contributed by atoms with Gasteiger partial charge in [0.05, 0.1) is 12.7 Å². The highest BCUT2D eigenvalue weighted by atomic mass is 16.5. The predicted octanol–water partition coefficient (Wildman–Crippen LogP) is 7.33. The van der Waals surface area contributed by atoms with E-state index in [0.717, 1.165) is 24.5 Å². The van der Waals surface area contributed by atoms with Gasteiger partial charge in [0.2, 0.25) is 5.43 Å². The van der Waals surface area contributed by atoms with E-state index in [1.54, 1.807) is 6.07 Å². The second-order valence-corrected chi connectivity index (χ2v) is 9.82. The summed E-state index contributed by atoms with van der Waals surface area (Å²) in [5.74, 6) is -0.229. The number of phenols is 3. The zero-order chi connectivity index (χ0) is 27.3. The normalized spacial score (nSPS) is 11.5. The molecule has 0 fully saturated rings. The lowest BCUT2D eigenvalue weighted by atomic mass is 9.92. The molecular weight excluding hydrogens is 468 g/mol. The Kier molecular flexibility index (Phi) is 8.87. The molecule has 1 heterocycles. The number of ether oxygens (including phenoxy) is 1. The molecule has 196 valence electrons. The number of methoxy groups -OCH3 is 1. The molecule has 3 aromatic rings. The molecule has 0 aliphatic heterocycles. The first-order valence-electron chi connectivity index (χ1n) is 12.3. The van der Waals surface area contributed by atoms with Gasteiger partial charge >= 0.3 is 0 Å². The van der Waals surface area contributed by atoms with Crippen LogP contribution in [0.25, 0.3) is 22.1 Å². The Hall–Kier alpha value is -3.93. The van der Waals surface area contributed by atoms with E-state index < -0.39 is 5.43 Å². The van der Waals surface area contributed by atoms with Gasteiger partial charge in [0.1, 0.15) is 28.7 Å². The minimum atomic E-state index is -0.440. The van der Waals surface area contributed by atoms with Crippen LogP contribution in [0.4, 0.5) is 0 Å². The van der Waals surface area contributed by atoms with E-state index in [1.807, 2.05) is 19.9 Å². The second-order valence-electron chi connectivity index (χ2n) is 9.82. The molecule has 0 aliphatic rings. The van der Waals surface area contributed by atoms with Crippen LogP contribution in [0.1, 0.15) is 58.6 Å². The topological polar surface area (TPSA) is 100 Å². The Labute approximate surface area is 217 Å². The van der Waals surface area contributed by atoms with Gasteiger partial charge in [-0.1, -0.05) is 34.9 Å². The van der Waals surface area contributed by atoms with Crippen molar-refractivity contribution in [3.8, 4) is 34.1 Å². The van der Waals surface area contributed by atoms with Crippen molar-refractivity contribution in [2.45, 2.75) is 60.3 Å². The van der Waals surface area contributed by atoms with Crippen molar-refractivity contribution in [2.24, 2.45) is 0 Å². The minimum absolute atomic E-state index is 0.0212. The van der Waals surface area contributed by atoms with Gasteiger partial charge in [-0.25, -0.2) is 0 Å². The van der Waals surface area contributed by atoms with E-state index in [1.165, 1.54) is 30.6 Å². The van der Waals surface area contributed by atoms with Gasteiger partial charge in [-0.15, -0.1) is 0 Å². The van der Waals surface area contributed by atoms with Crippen LogP contribution >= 0.6 is 0 Å². The average Bonchev–Trinajstić information content (AvgIpc) is 2.81. The first-order valence-corrected chi connectivity index (χ1v) is 12.3. The van der Waals surface area contributed by atoms with E-state index in [-0.39, 0.29) is 33.8 Å². The molecule has 3 rings (SSSR count). The molecule has 0 aliphatic carbocycles. The Bertz CT molecular complexity index is 1450. The second kappa shape index (κ2) is 11.9. The highest BCUT2D eigenvalue weighted by Gasteiger charge is 2.22. The minimum Gasteiger partial charge on any atom is -0.508 e. The van der Waals surface area contributed by atoms with E-state index >= 15 is 0 Å². The fourth-order valence-corrected chi connectivity index (χ4v) is 4.24. The lowest BCUT2D eigenvalue weighted by molar-refractivity contribution is 0.368. The Morgan fingerprint density at radius 1 is 0.919 bits per heavy atom. The lowest BCUT2D eigenvalue weighted by Gasteiger charge is -2.18. The molecule has 6 heteroatoms. The smallest absolute Gasteiger partial charge is 0.204 e. The molecule has 0 bridgehead atoms. The summed E-state index contributed by atoms with van der Waals surface area (Å²) in [5, 5.41) is 31.3. The maximum atomic E-state index is 13.5. The number of rotatable bonds is 9. The summed E-state index contributed by atoms with van der Waals surface area (Å²) in [6, 6.07) is 4.19. The van der Waals surface area contributed by atoms with E-state index in [4.69, 9.17) is 9.15 Å². The van der Waals surface area contributed by atoms with Crippen molar-refractivity contribution in [3.05, 3.63) is 80.8 Å². The number of phenolic OH excluding ortho intramolecular Hbond substituents is 3. The van der Waals surface area contributed by atoms with Gasteiger partial charge in [-0.05, 0) is 71.9 Å². The van der Waals surface area contributed by atoms with Gasteiger partial charge in [-0.3, -0.25) is 4.79 Å². The average molecular weight is 505 g/mol. The van der Waals surface area contributed by atoms with Crippen molar-refractivity contribution in [3.63, 3.8) is 0 Å². The monoisotopic (exact) mass is 504 g/mol. The SMILES string of the molecule is COc1c(O)c(C/C=C(\C)CCC=C(C)C)cc(-c2coc3cc(O)cc(O)c3c2=O)c1CC=C(C)C. The third-order valence-corrected chi connectivity index (χ3v) is 6.25. The quantitative estimate of drug-likeness (QED) is 0.264. The number of hydrogen-bond acceptors (Lipinski definition) is 6. The summed E-state index contributed by atoms with van der Waals surface area (Å²) < 4.78 is 11.3. The van der Waals surface area contributed by atoms with Crippen LogP contribution in [0.15, 0.2) is 68.6 Å². The van der Waals surface area contributed by atoms with Crippen LogP contribution in [0, 0.1) is 0 Å². The maximum absolute atomic E-state index is 13.5. The maximum Gasteiger partial charge on any atom is 0.204 e. The molecule has 0 saturated carbocycles. The Balaban J connectivity index is 2.21. The van der Waals surface area contributed by atoms with E-state index in [0.29, 0.717) is 35.3 Å². The molecule has 0 unspecified atom stereocenters. The van der Waals surface area contributed by atoms with Crippen LogP contribution in [-0.2, 0) is 12.8 Å². The van der Waals surface area contributed by atoms with E-state index in [2.05, 4.69) is 32.9 Å². The van der Waals surface area contributed by atoms with Crippen LogP contribution in [0.5, 0.6) is 23.0 Å². The van der Waals surface area contributed by atoms with Crippen molar-refractivity contribution in [2.75, 3.05) is 7.11 Å². The van der Waals surface area contributed by atoms with Crippen LogP contribution in [0.2, 0.25) is 0 Å². The molecule has 0 amide bonds. The van der Waals surface area contributed by atoms with Gasteiger partial charge in [-0.2, -0.15) is 0 Å². The van der Waals surface area contributed by atoms with Crippen molar-refractivity contribution in [1.29, 1.82) is 0 Å². The van der Waals surface area contributed by atoms with Gasteiger partial charge in [0.15, 0.2) is 11.5 Å². The lowest BCUT2D eigenvalue weighted by Crippen LogP contribution is -2.08. The van der Waals surface area contributed by atoms with Gasteiger partial charge < -0.3 is 24.5 Å². The molecule has 3 N–H and O–H groups in total. The Morgan fingerprint density at radius 2 is 1.62 bits per heavy atom. The number of hydrogen-bond donors (Lipinski definition) is 3.